The molecule has 1 fully saturated rings. The number of nitrogens with one attached hydrogen (secondary N) is 1. The summed E-state index contributed by atoms with van der Waals surface area (Å²) in [4.78, 5) is 30.9. The van der Waals surface area contributed by atoms with Crippen molar-refractivity contribution in [2.75, 3.05) is 5.75 Å². The topological polar surface area (TPSA) is 97.0 Å². The van der Waals surface area contributed by atoms with Crippen LogP contribution in [0.1, 0.15) is 19.8 Å². The van der Waals surface area contributed by atoms with E-state index in [4.69, 9.17) is 4.74 Å². The van der Waals surface area contributed by atoms with Crippen LogP contribution in [0.4, 0.5) is 0 Å². The minimum absolute atomic E-state index is 0.0317. The van der Waals surface area contributed by atoms with Gasteiger partial charge in [0.25, 0.3) is 5.56 Å². The Morgan fingerprint density at radius 1 is 1.08 bits per heavy atom. The van der Waals surface area contributed by atoms with Gasteiger partial charge < -0.3 is 10.1 Å². The maximum Gasteiger partial charge on any atom is 0.266 e. The number of carbonyl (C=O) groups is 1. The standard InChI is InChI=1S/C28H24N4O3S/c1-28(18-29,19-11-12-19)31-25(33)17-36-27-30-24-10-6-5-9-23(24)26(34)32(27)20-13-15-22(16-14-20)35-21-7-3-2-4-8-21/h2-10,13-16,19H,11-12,17H2,1H3,(H,31,33)/t28-/m1/s1. The summed E-state index contributed by atoms with van der Waals surface area (Å²) in [6.45, 7) is 1.76. The van der Waals surface area contributed by atoms with E-state index in [2.05, 4.69) is 16.4 Å². The molecule has 8 heteroatoms. The predicted molar refractivity (Wildman–Crippen MR) is 139 cm³/mol. The number of amides is 1. The van der Waals surface area contributed by atoms with Crippen LogP contribution in [0.3, 0.4) is 0 Å². The molecule has 1 aliphatic carbocycles. The molecule has 1 saturated carbocycles. The molecule has 5 rings (SSSR count). The minimum Gasteiger partial charge on any atom is -0.457 e. The number of hydrogen-bond acceptors (Lipinski definition) is 6. The van der Waals surface area contributed by atoms with Crippen molar-refractivity contribution in [1.82, 2.24) is 14.9 Å². The van der Waals surface area contributed by atoms with Gasteiger partial charge in [0.1, 0.15) is 17.0 Å². The highest BCUT2D eigenvalue weighted by molar-refractivity contribution is 7.99. The number of thioether (sulfide) groups is 1. The van der Waals surface area contributed by atoms with Crippen LogP contribution < -0.4 is 15.6 Å². The van der Waals surface area contributed by atoms with Crippen LogP contribution in [0.15, 0.2) is 88.8 Å². The molecular formula is C28H24N4O3S. The molecule has 36 heavy (non-hydrogen) atoms. The molecule has 1 amide bonds. The van der Waals surface area contributed by atoms with Gasteiger partial charge in [0.05, 0.1) is 28.4 Å². The van der Waals surface area contributed by atoms with Gasteiger partial charge in [0.2, 0.25) is 5.91 Å². The van der Waals surface area contributed by atoms with E-state index in [1.807, 2.05) is 36.4 Å². The molecule has 0 aliphatic heterocycles. The van der Waals surface area contributed by atoms with Gasteiger partial charge in [-0.15, -0.1) is 0 Å². The van der Waals surface area contributed by atoms with Crippen LogP contribution in [-0.4, -0.2) is 26.8 Å². The molecule has 0 saturated heterocycles. The van der Waals surface area contributed by atoms with Crippen molar-refractivity contribution >= 4 is 28.6 Å². The number of hydrogen-bond donors (Lipinski definition) is 1. The average molecular weight is 497 g/mol. The molecule has 1 atom stereocenters. The highest BCUT2D eigenvalue weighted by Gasteiger charge is 2.43. The number of rotatable bonds is 8. The smallest absolute Gasteiger partial charge is 0.266 e. The van der Waals surface area contributed by atoms with E-state index in [0.29, 0.717) is 33.2 Å². The first-order chi connectivity index (χ1) is 17.5. The number of carbonyl (C=O) groups excluding carboxylic acids is 1. The summed E-state index contributed by atoms with van der Waals surface area (Å²) in [6, 6.07) is 26.0. The summed E-state index contributed by atoms with van der Waals surface area (Å²) < 4.78 is 7.38. The fourth-order valence-corrected chi connectivity index (χ4v) is 4.88. The second-order valence-corrected chi connectivity index (χ2v) is 9.83. The van der Waals surface area contributed by atoms with Crippen molar-refractivity contribution < 1.29 is 9.53 Å². The van der Waals surface area contributed by atoms with Gasteiger partial charge in [-0.05, 0) is 74.2 Å². The number of aromatic nitrogens is 2. The first-order valence-electron chi connectivity index (χ1n) is 11.7. The third-order valence-corrected chi connectivity index (χ3v) is 7.11. The van der Waals surface area contributed by atoms with Crippen LogP contribution in [0.2, 0.25) is 0 Å². The van der Waals surface area contributed by atoms with E-state index < -0.39 is 5.54 Å². The van der Waals surface area contributed by atoms with Gasteiger partial charge in [-0.25, -0.2) is 4.98 Å². The number of fused-ring (bicyclic) bond motifs is 1. The van der Waals surface area contributed by atoms with Gasteiger partial charge in [-0.2, -0.15) is 5.26 Å². The Morgan fingerprint density at radius 3 is 2.44 bits per heavy atom. The van der Waals surface area contributed by atoms with Crippen molar-refractivity contribution in [3.63, 3.8) is 0 Å². The molecule has 1 aromatic heterocycles. The summed E-state index contributed by atoms with van der Waals surface area (Å²) in [5, 5.41) is 13.3. The van der Waals surface area contributed by atoms with E-state index in [-0.39, 0.29) is 23.1 Å². The predicted octanol–water partition coefficient (Wildman–Crippen LogP) is 5.08. The van der Waals surface area contributed by atoms with E-state index >= 15 is 0 Å². The van der Waals surface area contributed by atoms with E-state index in [0.717, 1.165) is 12.8 Å². The Morgan fingerprint density at radius 2 is 1.75 bits per heavy atom. The Balaban J connectivity index is 1.43. The fraction of sp³-hybridized carbons (Fsp3) is 0.214. The molecule has 4 aromatic rings. The van der Waals surface area contributed by atoms with E-state index in [1.165, 1.54) is 16.3 Å². The quantitative estimate of drug-likeness (QED) is 0.270. The molecule has 180 valence electrons. The largest absolute Gasteiger partial charge is 0.457 e. The van der Waals surface area contributed by atoms with E-state index in [9.17, 15) is 14.9 Å². The summed E-state index contributed by atoms with van der Waals surface area (Å²) in [7, 11) is 0. The zero-order valence-electron chi connectivity index (χ0n) is 19.7. The maximum atomic E-state index is 13.5. The van der Waals surface area contributed by atoms with Crippen LogP contribution in [0.25, 0.3) is 16.6 Å². The average Bonchev–Trinajstić information content (AvgIpc) is 3.75. The molecule has 0 bridgehead atoms. The lowest BCUT2D eigenvalue weighted by Crippen LogP contribution is -2.47. The van der Waals surface area contributed by atoms with Crippen molar-refractivity contribution in [3.8, 4) is 23.3 Å². The number of nitrogens with zero attached hydrogens (tertiary/aromatic N) is 3. The Hall–Kier alpha value is -4.09. The molecule has 1 aliphatic rings. The van der Waals surface area contributed by atoms with Crippen LogP contribution >= 0.6 is 11.8 Å². The third-order valence-electron chi connectivity index (χ3n) is 6.18. The summed E-state index contributed by atoms with van der Waals surface area (Å²) in [5.41, 5.74) is 0.0786. The summed E-state index contributed by atoms with van der Waals surface area (Å²) in [6.07, 6.45) is 1.88. The van der Waals surface area contributed by atoms with Gasteiger partial charge >= 0.3 is 0 Å². The maximum absolute atomic E-state index is 13.5. The van der Waals surface area contributed by atoms with Crippen molar-refractivity contribution in [3.05, 3.63) is 89.2 Å². The van der Waals surface area contributed by atoms with Crippen LogP contribution in [0.5, 0.6) is 11.5 Å². The normalized spacial score (nSPS) is 14.6. The highest BCUT2D eigenvalue weighted by atomic mass is 32.2. The first kappa shape index (κ1) is 23.6. The van der Waals surface area contributed by atoms with Crippen LogP contribution in [-0.2, 0) is 4.79 Å². The molecule has 1 N–H and O–H groups in total. The van der Waals surface area contributed by atoms with E-state index in [1.54, 1.807) is 49.4 Å². The Bertz CT molecular complexity index is 1510. The number of nitriles is 1. The number of para-hydroxylation sites is 2. The van der Waals surface area contributed by atoms with Gasteiger partial charge in [-0.3, -0.25) is 14.2 Å². The lowest BCUT2D eigenvalue weighted by Gasteiger charge is -2.22. The fourth-order valence-electron chi connectivity index (χ4n) is 4.06. The van der Waals surface area contributed by atoms with Gasteiger partial charge in [0, 0.05) is 0 Å². The van der Waals surface area contributed by atoms with Crippen LogP contribution in [0, 0.1) is 17.2 Å². The molecule has 1 heterocycles. The molecule has 0 spiro atoms. The second kappa shape index (κ2) is 9.88. The SMILES string of the molecule is C[C@](C#N)(NC(=O)CSc1nc2ccccc2c(=O)n1-c1ccc(Oc2ccccc2)cc1)C1CC1. The lowest BCUT2D eigenvalue weighted by atomic mass is 9.98. The number of benzene rings is 3. The zero-order chi connectivity index (χ0) is 25.1. The van der Waals surface area contributed by atoms with Crippen molar-refractivity contribution in [2.24, 2.45) is 5.92 Å². The van der Waals surface area contributed by atoms with Crippen molar-refractivity contribution in [2.45, 2.75) is 30.5 Å². The summed E-state index contributed by atoms with van der Waals surface area (Å²) in [5.74, 6) is 1.30. The lowest BCUT2D eigenvalue weighted by molar-refractivity contribution is -0.119. The third kappa shape index (κ3) is 4.97. The molecular weight excluding hydrogens is 472 g/mol. The second-order valence-electron chi connectivity index (χ2n) is 8.89. The number of ether oxygens (including phenoxy) is 1. The Labute approximate surface area is 212 Å². The molecule has 0 unspecified atom stereocenters. The molecule has 7 nitrogen and oxygen atoms in total. The first-order valence-corrected chi connectivity index (χ1v) is 12.7. The zero-order valence-corrected chi connectivity index (χ0v) is 20.5. The highest BCUT2D eigenvalue weighted by Crippen LogP contribution is 2.39. The monoisotopic (exact) mass is 496 g/mol. The molecule has 0 radical (unpaired) electrons. The van der Waals surface area contributed by atoms with Gasteiger partial charge in [-0.1, -0.05) is 42.1 Å². The molecule has 3 aromatic carbocycles. The minimum atomic E-state index is -0.872. The summed E-state index contributed by atoms with van der Waals surface area (Å²) >= 11 is 1.17. The van der Waals surface area contributed by atoms with Crippen molar-refractivity contribution in [1.29, 1.82) is 5.26 Å². The Kier molecular flexibility index (Phi) is 6.49. The van der Waals surface area contributed by atoms with Gasteiger partial charge in [0.15, 0.2) is 5.16 Å².